The number of ether oxygens (including phenoxy) is 1. The maximum atomic E-state index is 11.3. The Morgan fingerprint density at radius 1 is 1.10 bits per heavy atom. The number of hydrogen-bond donors (Lipinski definition) is 1. The summed E-state index contributed by atoms with van der Waals surface area (Å²) in [6.07, 6.45) is 0. The van der Waals surface area contributed by atoms with E-state index in [-0.39, 0.29) is 16.4 Å². The fraction of sp³-hybridized carbons (Fsp3) is 0.0667. The zero-order chi connectivity index (χ0) is 14.7. The molecular weight excluding hydrogens is 278 g/mol. The summed E-state index contributed by atoms with van der Waals surface area (Å²) in [6, 6.07) is 11.3. The van der Waals surface area contributed by atoms with Crippen LogP contribution in [0.4, 0.5) is 0 Å². The lowest BCUT2D eigenvalue weighted by molar-refractivity contribution is 0.0994. The number of carbonyl (C=O) groups is 2. The van der Waals surface area contributed by atoms with E-state index in [4.69, 9.17) is 22.1 Å². The molecule has 0 aromatic heterocycles. The molecule has 0 atom stereocenters. The number of hydrogen-bond acceptors (Lipinski definition) is 3. The first kappa shape index (κ1) is 14.1. The highest BCUT2D eigenvalue weighted by molar-refractivity contribution is 6.32. The summed E-state index contributed by atoms with van der Waals surface area (Å²) in [7, 11) is 0. The molecule has 0 bridgehead atoms. The summed E-state index contributed by atoms with van der Waals surface area (Å²) in [5.74, 6) is -0.00379. The van der Waals surface area contributed by atoms with E-state index in [1.807, 2.05) is 0 Å². The van der Waals surface area contributed by atoms with Crippen LogP contribution in [-0.2, 0) is 0 Å². The molecule has 2 rings (SSSR count). The number of para-hydroxylation sites is 1. The molecule has 2 aromatic carbocycles. The van der Waals surface area contributed by atoms with E-state index in [1.54, 1.807) is 36.4 Å². The first-order valence-corrected chi connectivity index (χ1v) is 6.24. The maximum absolute atomic E-state index is 11.3. The summed E-state index contributed by atoms with van der Waals surface area (Å²) in [4.78, 5) is 22.6. The van der Waals surface area contributed by atoms with Crippen molar-refractivity contribution in [3.63, 3.8) is 0 Å². The number of Topliss-reactive ketones (excluding diaryl/α,β-unsaturated/α-hetero) is 1. The number of rotatable bonds is 4. The van der Waals surface area contributed by atoms with Crippen LogP contribution in [0.2, 0.25) is 5.02 Å². The van der Waals surface area contributed by atoms with Gasteiger partial charge in [-0.05, 0) is 37.3 Å². The second-order valence-electron chi connectivity index (χ2n) is 4.16. The minimum atomic E-state index is -0.586. The lowest BCUT2D eigenvalue weighted by atomic mass is 10.1. The van der Waals surface area contributed by atoms with E-state index in [9.17, 15) is 9.59 Å². The molecule has 4 nitrogen and oxygen atoms in total. The molecule has 0 aliphatic heterocycles. The molecule has 0 fully saturated rings. The van der Waals surface area contributed by atoms with Crippen molar-refractivity contribution in [3.8, 4) is 11.5 Å². The molecule has 0 aliphatic rings. The van der Waals surface area contributed by atoms with Crippen molar-refractivity contribution in [2.24, 2.45) is 5.73 Å². The van der Waals surface area contributed by atoms with Gasteiger partial charge in [0.15, 0.2) is 5.78 Å². The van der Waals surface area contributed by atoms with Crippen molar-refractivity contribution >= 4 is 23.3 Å². The summed E-state index contributed by atoms with van der Waals surface area (Å²) < 4.78 is 5.59. The topological polar surface area (TPSA) is 69.4 Å². The molecule has 0 heterocycles. The van der Waals surface area contributed by atoms with Crippen LogP contribution < -0.4 is 10.5 Å². The zero-order valence-corrected chi connectivity index (χ0v) is 11.5. The Morgan fingerprint density at radius 2 is 1.80 bits per heavy atom. The third-order valence-corrected chi connectivity index (χ3v) is 3.01. The number of benzene rings is 2. The highest BCUT2D eigenvalue weighted by atomic mass is 35.5. The molecule has 2 aromatic rings. The van der Waals surface area contributed by atoms with Crippen molar-refractivity contribution in [2.45, 2.75) is 6.92 Å². The van der Waals surface area contributed by atoms with E-state index in [1.165, 1.54) is 13.0 Å². The second kappa shape index (κ2) is 5.75. The summed E-state index contributed by atoms with van der Waals surface area (Å²) in [5, 5.41) is 0.289. The molecule has 0 radical (unpaired) electrons. The monoisotopic (exact) mass is 289 g/mol. The number of halogens is 1. The molecule has 0 saturated carbocycles. The molecule has 102 valence electrons. The molecular formula is C15H12ClNO3. The van der Waals surface area contributed by atoms with Gasteiger partial charge in [0.2, 0.25) is 0 Å². The minimum Gasteiger partial charge on any atom is -0.455 e. The smallest absolute Gasteiger partial charge is 0.252 e. The first-order chi connectivity index (χ1) is 9.49. The highest BCUT2D eigenvalue weighted by Crippen LogP contribution is 2.31. The van der Waals surface area contributed by atoms with Gasteiger partial charge in [0.05, 0.1) is 10.6 Å². The van der Waals surface area contributed by atoms with Crippen molar-refractivity contribution in [1.82, 2.24) is 0 Å². The van der Waals surface area contributed by atoms with Gasteiger partial charge in [-0.1, -0.05) is 23.7 Å². The van der Waals surface area contributed by atoms with Crippen molar-refractivity contribution in [1.29, 1.82) is 0 Å². The second-order valence-corrected chi connectivity index (χ2v) is 4.57. The number of primary amides is 1. The largest absolute Gasteiger partial charge is 0.455 e. The van der Waals surface area contributed by atoms with Gasteiger partial charge in [0, 0.05) is 5.56 Å². The minimum absolute atomic E-state index is 0.0870. The van der Waals surface area contributed by atoms with Gasteiger partial charge in [0.25, 0.3) is 5.91 Å². The summed E-state index contributed by atoms with van der Waals surface area (Å²) in [5.41, 5.74) is 6.03. The number of nitrogens with two attached hydrogens (primary N) is 1. The lowest BCUT2D eigenvalue weighted by Crippen LogP contribution is -2.12. The number of amides is 1. The Morgan fingerprint density at radius 3 is 2.40 bits per heavy atom. The fourth-order valence-corrected chi connectivity index (χ4v) is 1.90. The molecule has 0 saturated heterocycles. The van der Waals surface area contributed by atoms with Crippen LogP contribution in [0.3, 0.4) is 0 Å². The first-order valence-electron chi connectivity index (χ1n) is 5.86. The fourth-order valence-electron chi connectivity index (χ4n) is 1.68. The van der Waals surface area contributed by atoms with Gasteiger partial charge >= 0.3 is 0 Å². The van der Waals surface area contributed by atoms with Gasteiger partial charge in [-0.25, -0.2) is 0 Å². The predicted octanol–water partition coefficient (Wildman–Crippen LogP) is 3.43. The Labute approximate surface area is 121 Å². The number of ketones is 1. The van der Waals surface area contributed by atoms with Crippen LogP contribution in [0.1, 0.15) is 27.6 Å². The van der Waals surface area contributed by atoms with Gasteiger partial charge in [0.1, 0.15) is 11.5 Å². The third-order valence-electron chi connectivity index (χ3n) is 2.71. The van der Waals surface area contributed by atoms with E-state index < -0.39 is 5.91 Å². The maximum Gasteiger partial charge on any atom is 0.252 e. The van der Waals surface area contributed by atoms with Gasteiger partial charge < -0.3 is 10.5 Å². The molecule has 20 heavy (non-hydrogen) atoms. The quantitative estimate of drug-likeness (QED) is 0.877. The average molecular weight is 290 g/mol. The van der Waals surface area contributed by atoms with Crippen molar-refractivity contribution < 1.29 is 14.3 Å². The van der Waals surface area contributed by atoms with Crippen molar-refractivity contribution in [2.75, 3.05) is 0 Å². The third kappa shape index (κ3) is 2.97. The average Bonchev–Trinajstić information content (AvgIpc) is 2.41. The van der Waals surface area contributed by atoms with E-state index in [0.717, 1.165) is 0 Å². The van der Waals surface area contributed by atoms with Gasteiger partial charge in [-0.3, -0.25) is 9.59 Å². The Hall–Kier alpha value is -2.33. The molecule has 5 heteroatoms. The highest BCUT2D eigenvalue weighted by Gasteiger charge is 2.12. The lowest BCUT2D eigenvalue weighted by Gasteiger charge is -2.10. The molecule has 1 amide bonds. The molecule has 0 aliphatic carbocycles. The number of carbonyl (C=O) groups excluding carboxylic acids is 2. The van der Waals surface area contributed by atoms with Crippen LogP contribution in [0, 0.1) is 0 Å². The molecule has 0 unspecified atom stereocenters. The summed E-state index contributed by atoms with van der Waals surface area (Å²) >= 11 is 6.06. The SMILES string of the molecule is CC(=O)c1ccc(Oc2ccccc2C(N)=O)c(Cl)c1. The standard InChI is InChI=1S/C15H12ClNO3/c1-9(18)10-6-7-14(12(16)8-10)20-13-5-3-2-4-11(13)15(17)19/h2-8H,1H3,(H2,17,19). The summed E-state index contributed by atoms with van der Waals surface area (Å²) in [6.45, 7) is 1.45. The molecule has 2 N–H and O–H groups in total. The Balaban J connectivity index is 2.36. The Bertz CT molecular complexity index is 683. The van der Waals surface area contributed by atoms with E-state index in [2.05, 4.69) is 0 Å². The van der Waals surface area contributed by atoms with Gasteiger partial charge in [-0.15, -0.1) is 0 Å². The van der Waals surface area contributed by atoms with Crippen LogP contribution >= 0.6 is 11.6 Å². The van der Waals surface area contributed by atoms with Crippen molar-refractivity contribution in [3.05, 3.63) is 58.6 Å². The Kier molecular flexibility index (Phi) is 4.05. The normalized spacial score (nSPS) is 10.1. The van der Waals surface area contributed by atoms with E-state index in [0.29, 0.717) is 17.1 Å². The van der Waals surface area contributed by atoms with Crippen LogP contribution in [-0.4, -0.2) is 11.7 Å². The van der Waals surface area contributed by atoms with E-state index >= 15 is 0 Å². The van der Waals surface area contributed by atoms with Gasteiger partial charge in [-0.2, -0.15) is 0 Å². The van der Waals surface area contributed by atoms with Crippen LogP contribution in [0.5, 0.6) is 11.5 Å². The predicted molar refractivity (Wildman–Crippen MR) is 76.5 cm³/mol. The zero-order valence-electron chi connectivity index (χ0n) is 10.7. The molecule has 0 spiro atoms. The van der Waals surface area contributed by atoms with Crippen LogP contribution in [0.25, 0.3) is 0 Å². The van der Waals surface area contributed by atoms with Crippen LogP contribution in [0.15, 0.2) is 42.5 Å².